The van der Waals surface area contributed by atoms with Gasteiger partial charge in [0.2, 0.25) is 0 Å². The maximum atomic E-state index is 11.4. The molecule has 0 spiro atoms. The largest absolute Gasteiger partial charge is 0.478 e. The summed E-state index contributed by atoms with van der Waals surface area (Å²) in [5.41, 5.74) is 1.14. The van der Waals surface area contributed by atoms with Gasteiger partial charge in [-0.15, -0.1) is 0 Å². The molecule has 1 aromatic heterocycles. The maximum absolute atomic E-state index is 11.4. The number of morpholine rings is 1. The van der Waals surface area contributed by atoms with E-state index in [9.17, 15) is 9.90 Å². The second-order valence-electron chi connectivity index (χ2n) is 5.23. The van der Waals surface area contributed by atoms with Crippen LogP contribution < -0.4 is 4.90 Å². The van der Waals surface area contributed by atoms with Crippen LogP contribution in [0, 0.1) is 6.92 Å². The average molecular weight is 262 g/mol. The molecule has 0 bridgehead atoms. The van der Waals surface area contributed by atoms with Crippen molar-refractivity contribution < 1.29 is 14.6 Å². The summed E-state index contributed by atoms with van der Waals surface area (Å²) in [5.74, 6) is -0.309. The highest BCUT2D eigenvalue weighted by Gasteiger charge is 2.38. The molecular weight excluding hydrogens is 244 g/mol. The minimum atomic E-state index is -0.913. The lowest BCUT2D eigenvalue weighted by Crippen LogP contribution is -2.49. The SMILES string of the molecule is Cc1ccc(C(=O)O)c(N2CCOC3CCCC32)n1. The van der Waals surface area contributed by atoms with E-state index in [4.69, 9.17) is 4.74 Å². The van der Waals surface area contributed by atoms with E-state index in [-0.39, 0.29) is 17.7 Å². The number of aromatic nitrogens is 1. The summed E-state index contributed by atoms with van der Waals surface area (Å²) in [6, 6.07) is 3.68. The zero-order chi connectivity index (χ0) is 13.4. The summed E-state index contributed by atoms with van der Waals surface area (Å²) >= 11 is 0. The van der Waals surface area contributed by atoms with Gasteiger partial charge in [-0.2, -0.15) is 0 Å². The van der Waals surface area contributed by atoms with Gasteiger partial charge in [-0.3, -0.25) is 0 Å². The van der Waals surface area contributed by atoms with Crippen LogP contribution in [0.5, 0.6) is 0 Å². The number of pyridine rings is 1. The van der Waals surface area contributed by atoms with Gasteiger partial charge in [0, 0.05) is 12.2 Å². The number of anilines is 1. The molecule has 19 heavy (non-hydrogen) atoms. The smallest absolute Gasteiger partial charge is 0.339 e. The fraction of sp³-hybridized carbons (Fsp3) is 0.571. The number of nitrogens with zero attached hydrogens (tertiary/aromatic N) is 2. The molecule has 3 rings (SSSR count). The molecular formula is C14H18N2O3. The van der Waals surface area contributed by atoms with Crippen LogP contribution in [0.1, 0.15) is 35.3 Å². The van der Waals surface area contributed by atoms with Gasteiger partial charge in [0.05, 0.1) is 18.8 Å². The van der Waals surface area contributed by atoms with Gasteiger partial charge in [0.25, 0.3) is 0 Å². The van der Waals surface area contributed by atoms with Gasteiger partial charge in [0.15, 0.2) is 0 Å². The maximum Gasteiger partial charge on any atom is 0.339 e. The van der Waals surface area contributed by atoms with Crippen LogP contribution in [-0.2, 0) is 4.74 Å². The Morgan fingerprint density at radius 1 is 1.47 bits per heavy atom. The molecule has 5 nitrogen and oxygen atoms in total. The zero-order valence-electron chi connectivity index (χ0n) is 11.0. The molecule has 1 N–H and O–H groups in total. The molecule has 2 atom stereocenters. The summed E-state index contributed by atoms with van der Waals surface area (Å²) in [4.78, 5) is 18.0. The summed E-state index contributed by atoms with van der Waals surface area (Å²) in [6.45, 7) is 3.26. The number of carboxylic acids is 1. The fourth-order valence-corrected chi connectivity index (χ4v) is 3.12. The molecule has 0 radical (unpaired) electrons. The zero-order valence-corrected chi connectivity index (χ0v) is 11.0. The summed E-state index contributed by atoms with van der Waals surface area (Å²) in [6.07, 6.45) is 3.49. The van der Waals surface area contributed by atoms with Crippen LogP contribution in [0.25, 0.3) is 0 Å². The van der Waals surface area contributed by atoms with Crippen molar-refractivity contribution in [2.75, 3.05) is 18.1 Å². The van der Waals surface area contributed by atoms with E-state index in [1.807, 2.05) is 6.92 Å². The number of fused-ring (bicyclic) bond motifs is 1. The van der Waals surface area contributed by atoms with Gasteiger partial charge >= 0.3 is 5.97 Å². The summed E-state index contributed by atoms with van der Waals surface area (Å²) in [7, 11) is 0. The van der Waals surface area contributed by atoms with Crippen LogP contribution in [0.4, 0.5) is 5.82 Å². The molecule has 2 unspecified atom stereocenters. The Balaban J connectivity index is 2.00. The highest BCUT2D eigenvalue weighted by molar-refractivity contribution is 5.93. The van der Waals surface area contributed by atoms with Gasteiger partial charge in [-0.05, 0) is 38.3 Å². The molecule has 2 heterocycles. The first kappa shape index (κ1) is 12.4. The van der Waals surface area contributed by atoms with Crippen LogP contribution in [0.15, 0.2) is 12.1 Å². The second-order valence-corrected chi connectivity index (χ2v) is 5.23. The number of rotatable bonds is 2. The molecule has 1 aliphatic carbocycles. The van der Waals surface area contributed by atoms with Crippen molar-refractivity contribution in [3.8, 4) is 0 Å². The molecule has 5 heteroatoms. The lowest BCUT2D eigenvalue weighted by molar-refractivity contribution is 0.0251. The van der Waals surface area contributed by atoms with Crippen molar-refractivity contribution in [2.24, 2.45) is 0 Å². The molecule has 2 fully saturated rings. The lowest BCUT2D eigenvalue weighted by atomic mass is 10.1. The van der Waals surface area contributed by atoms with Gasteiger partial charge in [0.1, 0.15) is 11.4 Å². The van der Waals surface area contributed by atoms with Crippen molar-refractivity contribution in [3.05, 3.63) is 23.4 Å². The van der Waals surface area contributed by atoms with E-state index >= 15 is 0 Å². The number of ether oxygens (including phenoxy) is 1. The molecule has 2 aliphatic rings. The number of aromatic carboxylic acids is 1. The Morgan fingerprint density at radius 2 is 2.32 bits per heavy atom. The Kier molecular flexibility index (Phi) is 3.14. The first-order valence-electron chi connectivity index (χ1n) is 6.76. The van der Waals surface area contributed by atoms with E-state index in [1.165, 1.54) is 0 Å². The molecule has 102 valence electrons. The third-order valence-electron chi connectivity index (χ3n) is 4.00. The van der Waals surface area contributed by atoms with Crippen LogP contribution in [0.3, 0.4) is 0 Å². The number of hydrogen-bond acceptors (Lipinski definition) is 4. The minimum Gasteiger partial charge on any atom is -0.478 e. The van der Waals surface area contributed by atoms with Crippen molar-refractivity contribution >= 4 is 11.8 Å². The van der Waals surface area contributed by atoms with E-state index in [1.54, 1.807) is 12.1 Å². The molecule has 1 saturated carbocycles. The number of aryl methyl sites for hydroxylation is 1. The van der Waals surface area contributed by atoms with Crippen LogP contribution >= 0.6 is 0 Å². The Bertz CT molecular complexity index is 503. The van der Waals surface area contributed by atoms with Gasteiger partial charge in [-0.25, -0.2) is 9.78 Å². The molecule has 1 saturated heterocycles. The third kappa shape index (κ3) is 2.18. The average Bonchev–Trinajstić information content (AvgIpc) is 2.86. The number of hydrogen-bond donors (Lipinski definition) is 1. The Labute approximate surface area is 112 Å². The normalized spacial score (nSPS) is 26.3. The lowest BCUT2D eigenvalue weighted by Gasteiger charge is -2.39. The van der Waals surface area contributed by atoms with E-state index < -0.39 is 5.97 Å². The highest BCUT2D eigenvalue weighted by atomic mass is 16.5. The van der Waals surface area contributed by atoms with Gasteiger partial charge in [-0.1, -0.05) is 0 Å². The second kappa shape index (κ2) is 4.81. The van der Waals surface area contributed by atoms with Crippen LogP contribution in [0.2, 0.25) is 0 Å². The molecule has 1 aliphatic heterocycles. The summed E-state index contributed by atoms with van der Waals surface area (Å²) < 4.78 is 5.77. The van der Waals surface area contributed by atoms with Crippen molar-refractivity contribution in [1.29, 1.82) is 0 Å². The predicted molar refractivity (Wildman–Crippen MR) is 70.7 cm³/mol. The van der Waals surface area contributed by atoms with Crippen molar-refractivity contribution in [2.45, 2.75) is 38.3 Å². The summed E-state index contributed by atoms with van der Waals surface area (Å²) in [5, 5.41) is 9.33. The van der Waals surface area contributed by atoms with Crippen LogP contribution in [-0.4, -0.2) is 41.4 Å². The third-order valence-corrected chi connectivity index (χ3v) is 4.00. The first-order chi connectivity index (χ1) is 9.16. The molecule has 1 aromatic rings. The number of carboxylic acid groups (broad SMARTS) is 1. The van der Waals surface area contributed by atoms with E-state index in [2.05, 4.69) is 9.88 Å². The molecule has 0 amide bonds. The topological polar surface area (TPSA) is 62.7 Å². The van der Waals surface area contributed by atoms with Crippen molar-refractivity contribution in [1.82, 2.24) is 4.98 Å². The first-order valence-corrected chi connectivity index (χ1v) is 6.76. The Hall–Kier alpha value is -1.62. The monoisotopic (exact) mass is 262 g/mol. The Morgan fingerprint density at radius 3 is 3.11 bits per heavy atom. The number of carbonyl (C=O) groups is 1. The predicted octanol–water partition coefficient (Wildman–Crippen LogP) is 1.85. The quantitative estimate of drug-likeness (QED) is 0.881. The molecule has 0 aromatic carbocycles. The highest BCUT2D eigenvalue weighted by Crippen LogP contribution is 2.33. The van der Waals surface area contributed by atoms with Crippen molar-refractivity contribution in [3.63, 3.8) is 0 Å². The van der Waals surface area contributed by atoms with E-state index in [0.717, 1.165) is 31.5 Å². The van der Waals surface area contributed by atoms with Gasteiger partial charge < -0.3 is 14.7 Å². The minimum absolute atomic E-state index is 0.234. The fourth-order valence-electron chi connectivity index (χ4n) is 3.12. The van der Waals surface area contributed by atoms with E-state index in [0.29, 0.717) is 12.4 Å². The standard InChI is InChI=1S/C14H18N2O3/c1-9-5-6-10(14(17)18)13(15-9)16-7-8-19-12-4-2-3-11(12)16/h5-6,11-12H,2-4,7-8H2,1H3,(H,17,18).